The van der Waals surface area contributed by atoms with E-state index in [4.69, 9.17) is 9.47 Å². The van der Waals surface area contributed by atoms with Gasteiger partial charge in [0, 0.05) is 37.0 Å². The first kappa shape index (κ1) is 28.5. The van der Waals surface area contributed by atoms with Crippen molar-refractivity contribution in [1.29, 1.82) is 0 Å². The van der Waals surface area contributed by atoms with Crippen LogP contribution in [0.3, 0.4) is 0 Å². The van der Waals surface area contributed by atoms with Gasteiger partial charge in [-0.15, -0.1) is 0 Å². The van der Waals surface area contributed by atoms with Crippen LogP contribution in [0.25, 0.3) is 10.8 Å². The first-order chi connectivity index (χ1) is 18.1. The molecule has 4 rings (SSSR count). The van der Waals surface area contributed by atoms with Crippen LogP contribution in [-0.4, -0.2) is 76.8 Å². The lowest BCUT2D eigenvalue weighted by Gasteiger charge is -2.31. The number of carbonyl (C=O) groups excluding carboxylic acids is 2. The molecule has 0 amide bonds. The van der Waals surface area contributed by atoms with E-state index in [0.717, 1.165) is 0 Å². The van der Waals surface area contributed by atoms with Crippen molar-refractivity contribution in [2.75, 3.05) is 39.4 Å². The summed E-state index contributed by atoms with van der Waals surface area (Å²) in [5.74, 6) is -1.92. The maximum Gasteiger partial charge on any atom is 0.310 e. The zero-order chi connectivity index (χ0) is 27.5. The third-order valence-electron chi connectivity index (χ3n) is 7.09. The van der Waals surface area contributed by atoms with Gasteiger partial charge >= 0.3 is 11.9 Å². The standard InChI is InChI=1S/C26H34N2O8S2/c1-3-35-25(29)19-9-7-15-27(17-19)37(31,32)23-13-5-12-22-21(23)11-6-14-24(22)38(33,34)28-16-8-10-20(18-28)26(30)36-4-2/h5-6,11-14,19-20H,3-4,7-10,15-18H2,1-2H3. The molecule has 0 bridgehead atoms. The summed E-state index contributed by atoms with van der Waals surface area (Å²) in [6.45, 7) is 4.40. The molecule has 10 nitrogen and oxygen atoms in total. The quantitative estimate of drug-likeness (QED) is 0.447. The Morgan fingerprint density at radius 3 is 1.50 bits per heavy atom. The minimum absolute atomic E-state index is 0.0125. The lowest BCUT2D eigenvalue weighted by molar-refractivity contribution is -0.150. The van der Waals surface area contributed by atoms with E-state index < -0.39 is 43.8 Å². The highest BCUT2D eigenvalue weighted by atomic mass is 32.2. The average molecular weight is 567 g/mol. The van der Waals surface area contributed by atoms with Crippen molar-refractivity contribution in [3.63, 3.8) is 0 Å². The molecule has 2 aromatic carbocycles. The highest BCUT2D eigenvalue weighted by molar-refractivity contribution is 7.89. The second-order valence-electron chi connectivity index (χ2n) is 9.52. The van der Waals surface area contributed by atoms with Gasteiger partial charge in [-0.25, -0.2) is 16.8 Å². The van der Waals surface area contributed by atoms with Crippen molar-refractivity contribution in [2.45, 2.75) is 49.3 Å². The van der Waals surface area contributed by atoms with Gasteiger partial charge in [-0.1, -0.05) is 24.3 Å². The lowest BCUT2D eigenvalue weighted by Crippen LogP contribution is -2.43. The highest BCUT2D eigenvalue weighted by Gasteiger charge is 2.37. The van der Waals surface area contributed by atoms with Crippen LogP contribution in [0.1, 0.15) is 39.5 Å². The molecule has 38 heavy (non-hydrogen) atoms. The van der Waals surface area contributed by atoms with Gasteiger partial charge in [-0.3, -0.25) is 9.59 Å². The number of esters is 2. The van der Waals surface area contributed by atoms with E-state index in [9.17, 15) is 26.4 Å². The molecule has 2 atom stereocenters. The number of carbonyl (C=O) groups is 2. The van der Waals surface area contributed by atoms with Crippen LogP contribution >= 0.6 is 0 Å². The second-order valence-corrected chi connectivity index (χ2v) is 13.3. The summed E-state index contributed by atoms with van der Waals surface area (Å²) < 4.78 is 67.7. The normalized spacial score (nSPS) is 21.7. The van der Waals surface area contributed by atoms with E-state index in [-0.39, 0.29) is 60.0 Å². The lowest BCUT2D eigenvalue weighted by atomic mass is 10.0. The van der Waals surface area contributed by atoms with Crippen LogP contribution < -0.4 is 0 Å². The third kappa shape index (κ3) is 5.58. The highest BCUT2D eigenvalue weighted by Crippen LogP contribution is 2.34. The Labute approximate surface area is 224 Å². The van der Waals surface area contributed by atoms with Gasteiger partial charge in [0.15, 0.2) is 0 Å². The fourth-order valence-electron chi connectivity index (χ4n) is 5.21. The van der Waals surface area contributed by atoms with E-state index in [1.54, 1.807) is 26.0 Å². The summed E-state index contributed by atoms with van der Waals surface area (Å²) in [6, 6.07) is 9.15. The maximum atomic E-state index is 13.7. The van der Waals surface area contributed by atoms with E-state index in [1.165, 1.54) is 32.9 Å². The van der Waals surface area contributed by atoms with Crippen LogP contribution in [0.5, 0.6) is 0 Å². The molecule has 2 fully saturated rings. The van der Waals surface area contributed by atoms with Crippen molar-refractivity contribution in [2.24, 2.45) is 11.8 Å². The van der Waals surface area contributed by atoms with Crippen molar-refractivity contribution in [3.8, 4) is 0 Å². The molecule has 12 heteroatoms. The van der Waals surface area contributed by atoms with Crippen LogP contribution in [0.4, 0.5) is 0 Å². The number of benzene rings is 2. The molecule has 0 spiro atoms. The minimum Gasteiger partial charge on any atom is -0.466 e. The number of rotatable bonds is 8. The Kier molecular flexibility index (Phi) is 8.75. The molecule has 2 aliphatic rings. The Bertz CT molecular complexity index is 1300. The van der Waals surface area contributed by atoms with Crippen LogP contribution in [0, 0.1) is 11.8 Å². The topological polar surface area (TPSA) is 127 Å². The van der Waals surface area contributed by atoms with Crippen LogP contribution in [0.2, 0.25) is 0 Å². The average Bonchev–Trinajstić information content (AvgIpc) is 2.92. The molecule has 0 N–H and O–H groups in total. The molecule has 208 valence electrons. The van der Waals surface area contributed by atoms with Crippen molar-refractivity contribution < 1.29 is 35.9 Å². The van der Waals surface area contributed by atoms with Gasteiger partial charge in [-0.05, 0) is 51.7 Å². The molecule has 2 aliphatic heterocycles. The Balaban J connectivity index is 1.68. The van der Waals surface area contributed by atoms with Gasteiger partial charge < -0.3 is 9.47 Å². The zero-order valence-corrected chi connectivity index (χ0v) is 23.3. The molecule has 0 aliphatic carbocycles. The van der Waals surface area contributed by atoms with Crippen molar-refractivity contribution in [3.05, 3.63) is 36.4 Å². The van der Waals surface area contributed by atoms with Crippen molar-refractivity contribution in [1.82, 2.24) is 8.61 Å². The maximum absolute atomic E-state index is 13.7. The number of fused-ring (bicyclic) bond motifs is 1. The van der Waals surface area contributed by atoms with Crippen LogP contribution in [0.15, 0.2) is 46.2 Å². The van der Waals surface area contributed by atoms with Gasteiger partial charge in [0.05, 0.1) is 34.8 Å². The second kappa shape index (κ2) is 11.7. The molecule has 2 unspecified atom stereocenters. The van der Waals surface area contributed by atoms with Gasteiger partial charge in [0.1, 0.15) is 0 Å². The fraction of sp³-hybridized carbons (Fsp3) is 0.538. The van der Waals surface area contributed by atoms with Gasteiger partial charge in [-0.2, -0.15) is 8.61 Å². The first-order valence-corrected chi connectivity index (χ1v) is 15.8. The summed E-state index contributed by atoms with van der Waals surface area (Å²) in [4.78, 5) is 24.5. The molecular weight excluding hydrogens is 532 g/mol. The number of ether oxygens (including phenoxy) is 2. The van der Waals surface area contributed by atoms with Crippen molar-refractivity contribution >= 4 is 42.8 Å². The SMILES string of the molecule is CCOC(=O)C1CCCN(S(=O)(=O)c2cccc3c(S(=O)(=O)N4CCCC(C(=O)OCC)C4)cccc23)C1. The number of hydrogen-bond acceptors (Lipinski definition) is 8. The number of nitrogens with zero attached hydrogens (tertiary/aromatic N) is 2. The predicted octanol–water partition coefficient (Wildman–Crippen LogP) is 2.77. The molecule has 0 saturated carbocycles. The summed E-state index contributed by atoms with van der Waals surface area (Å²) in [6.07, 6.45) is 2.13. The molecule has 0 aromatic heterocycles. The number of hydrogen-bond donors (Lipinski definition) is 0. The molecule has 2 aromatic rings. The predicted molar refractivity (Wildman–Crippen MR) is 140 cm³/mol. The number of sulfonamides is 2. The summed E-state index contributed by atoms with van der Waals surface area (Å²) >= 11 is 0. The molecule has 0 radical (unpaired) electrons. The first-order valence-electron chi connectivity index (χ1n) is 13.0. The number of piperidine rings is 2. The molecular formula is C26H34N2O8S2. The van der Waals surface area contributed by atoms with Gasteiger partial charge in [0.25, 0.3) is 0 Å². The third-order valence-corrected chi connectivity index (χ3v) is 10.9. The minimum atomic E-state index is -4.03. The van der Waals surface area contributed by atoms with E-state index >= 15 is 0 Å². The Morgan fingerprint density at radius 1 is 0.737 bits per heavy atom. The Morgan fingerprint density at radius 2 is 1.13 bits per heavy atom. The molecule has 2 heterocycles. The summed E-state index contributed by atoms with van der Waals surface area (Å²) in [5, 5.41) is 0.566. The van der Waals surface area contributed by atoms with Crippen LogP contribution in [-0.2, 0) is 39.1 Å². The van der Waals surface area contributed by atoms with E-state index in [0.29, 0.717) is 25.7 Å². The van der Waals surface area contributed by atoms with Gasteiger partial charge in [0.2, 0.25) is 20.0 Å². The Hall–Kier alpha value is -2.54. The monoisotopic (exact) mass is 566 g/mol. The largest absolute Gasteiger partial charge is 0.466 e. The van der Waals surface area contributed by atoms with E-state index in [2.05, 4.69) is 0 Å². The summed E-state index contributed by atoms with van der Waals surface area (Å²) in [5.41, 5.74) is 0. The van der Waals surface area contributed by atoms with E-state index in [1.807, 2.05) is 0 Å². The molecule has 2 saturated heterocycles. The zero-order valence-electron chi connectivity index (χ0n) is 21.7. The summed E-state index contributed by atoms with van der Waals surface area (Å²) in [7, 11) is -8.06. The fourth-order valence-corrected chi connectivity index (χ4v) is 8.67. The smallest absolute Gasteiger partial charge is 0.310 e.